The third-order valence-corrected chi connectivity index (χ3v) is 4.51. The Balaban J connectivity index is 1.97. The third-order valence-electron chi connectivity index (χ3n) is 2.32. The number of hydrogen-bond acceptors (Lipinski definition) is 6. The number of aromatic nitrogens is 3. The minimum atomic E-state index is -3.66. The van der Waals surface area contributed by atoms with E-state index in [1.807, 2.05) is 0 Å². The van der Waals surface area contributed by atoms with E-state index in [4.69, 9.17) is 5.11 Å². The van der Waals surface area contributed by atoms with Gasteiger partial charge < -0.3 is 5.11 Å². The second kappa shape index (κ2) is 6.59. The normalized spacial score (nSPS) is 11.2. The molecule has 10 heteroatoms. The Morgan fingerprint density at radius 1 is 1.33 bits per heavy atom. The summed E-state index contributed by atoms with van der Waals surface area (Å²) in [6.45, 7) is 0. The molecule has 21 heavy (non-hydrogen) atoms. The molecule has 1 aromatic heterocycles. The zero-order chi connectivity index (χ0) is 15.3. The summed E-state index contributed by atoms with van der Waals surface area (Å²) >= 11 is 1.35. The molecule has 2 aromatic rings. The molecular weight excluding hydrogens is 316 g/mol. The predicted octanol–water partition coefficient (Wildman–Crippen LogP) is 1.17. The van der Waals surface area contributed by atoms with Gasteiger partial charge in [-0.3, -0.25) is 14.6 Å². The molecule has 0 aliphatic heterocycles. The topological polar surface area (TPSA) is 125 Å². The highest BCUT2D eigenvalue weighted by atomic mass is 32.2. The summed E-state index contributed by atoms with van der Waals surface area (Å²) in [6, 6.07) is 6.64. The molecule has 0 saturated heterocycles. The highest BCUT2D eigenvalue weighted by molar-refractivity contribution is 7.99. The second-order valence-corrected chi connectivity index (χ2v) is 6.89. The van der Waals surface area contributed by atoms with Gasteiger partial charge in [0.05, 0.1) is 12.2 Å². The number of benzene rings is 1. The standard InChI is InChI=1S/C11H12N4O4S2/c16-10(17)5-6-21(18,19)15-8-1-3-9(4-2-8)20-11-12-7-13-14-11/h1-4,7,15H,5-6H2,(H,16,17)(H,12,13,14). The summed E-state index contributed by atoms with van der Waals surface area (Å²) in [5.41, 5.74) is 0.377. The van der Waals surface area contributed by atoms with E-state index >= 15 is 0 Å². The first-order valence-corrected chi connectivity index (χ1v) is 8.27. The number of sulfonamides is 1. The number of H-pyrrole nitrogens is 1. The summed E-state index contributed by atoms with van der Waals surface area (Å²) in [5, 5.41) is 15.5. The number of carboxylic acid groups (broad SMARTS) is 1. The Kier molecular flexibility index (Phi) is 4.81. The summed E-state index contributed by atoms with van der Waals surface area (Å²) in [4.78, 5) is 15.2. The number of carbonyl (C=O) groups is 1. The van der Waals surface area contributed by atoms with Crippen LogP contribution in [0.1, 0.15) is 6.42 Å². The van der Waals surface area contributed by atoms with E-state index in [2.05, 4.69) is 19.9 Å². The fraction of sp³-hybridized carbons (Fsp3) is 0.182. The summed E-state index contributed by atoms with van der Waals surface area (Å²) in [6.07, 6.45) is 0.960. The van der Waals surface area contributed by atoms with E-state index in [0.717, 1.165) is 4.90 Å². The van der Waals surface area contributed by atoms with Crippen LogP contribution in [0.4, 0.5) is 5.69 Å². The van der Waals surface area contributed by atoms with Crippen LogP contribution in [0.15, 0.2) is 40.6 Å². The highest BCUT2D eigenvalue weighted by Gasteiger charge is 2.12. The zero-order valence-corrected chi connectivity index (χ0v) is 12.3. The molecule has 0 aliphatic carbocycles. The second-order valence-electron chi connectivity index (χ2n) is 3.98. The fourth-order valence-electron chi connectivity index (χ4n) is 1.40. The molecule has 3 N–H and O–H groups in total. The highest BCUT2D eigenvalue weighted by Crippen LogP contribution is 2.25. The van der Waals surface area contributed by atoms with E-state index < -0.39 is 28.2 Å². The van der Waals surface area contributed by atoms with Crippen LogP contribution in [0.5, 0.6) is 0 Å². The quantitative estimate of drug-likeness (QED) is 0.696. The Morgan fingerprint density at radius 2 is 2.05 bits per heavy atom. The van der Waals surface area contributed by atoms with Crippen molar-refractivity contribution in [2.45, 2.75) is 16.5 Å². The van der Waals surface area contributed by atoms with Crippen molar-refractivity contribution < 1.29 is 18.3 Å². The van der Waals surface area contributed by atoms with Crippen molar-refractivity contribution in [3.63, 3.8) is 0 Å². The van der Waals surface area contributed by atoms with Crippen molar-refractivity contribution in [3.05, 3.63) is 30.6 Å². The summed E-state index contributed by atoms with van der Waals surface area (Å²) in [7, 11) is -3.66. The van der Waals surface area contributed by atoms with Gasteiger partial charge in [-0.1, -0.05) is 11.8 Å². The summed E-state index contributed by atoms with van der Waals surface area (Å²) in [5.74, 6) is -1.61. The molecule has 0 bridgehead atoms. The van der Waals surface area contributed by atoms with Crippen LogP contribution >= 0.6 is 11.8 Å². The van der Waals surface area contributed by atoms with Gasteiger partial charge in [-0.15, -0.1) is 0 Å². The van der Waals surface area contributed by atoms with Crippen molar-refractivity contribution in [3.8, 4) is 0 Å². The number of nitrogens with zero attached hydrogens (tertiary/aromatic N) is 2. The molecule has 0 radical (unpaired) electrons. The SMILES string of the molecule is O=C(O)CCS(=O)(=O)Nc1ccc(Sc2ncn[nH]2)cc1. The molecule has 0 unspecified atom stereocenters. The fourth-order valence-corrected chi connectivity index (χ4v) is 3.13. The number of carboxylic acids is 1. The number of hydrogen-bond donors (Lipinski definition) is 3. The lowest BCUT2D eigenvalue weighted by Crippen LogP contribution is -2.18. The molecule has 0 fully saturated rings. The smallest absolute Gasteiger partial charge is 0.304 e. The van der Waals surface area contributed by atoms with Gasteiger partial charge in [0.15, 0.2) is 5.16 Å². The Hall–Kier alpha value is -2.07. The monoisotopic (exact) mass is 328 g/mol. The maximum atomic E-state index is 11.6. The Labute approximate surface area is 125 Å². The maximum absolute atomic E-state index is 11.6. The number of nitrogens with one attached hydrogen (secondary N) is 2. The zero-order valence-electron chi connectivity index (χ0n) is 10.7. The molecule has 0 amide bonds. The molecule has 0 atom stereocenters. The van der Waals surface area contributed by atoms with Crippen molar-refractivity contribution in [2.75, 3.05) is 10.5 Å². The lowest BCUT2D eigenvalue weighted by Gasteiger charge is -2.07. The lowest BCUT2D eigenvalue weighted by molar-refractivity contribution is -0.136. The first-order valence-electron chi connectivity index (χ1n) is 5.80. The molecule has 1 heterocycles. The number of aromatic amines is 1. The van der Waals surface area contributed by atoms with Gasteiger partial charge in [0.2, 0.25) is 10.0 Å². The number of anilines is 1. The van der Waals surface area contributed by atoms with Crippen molar-refractivity contribution in [1.29, 1.82) is 0 Å². The Bertz CT molecular complexity index is 698. The van der Waals surface area contributed by atoms with Crippen molar-refractivity contribution in [2.24, 2.45) is 0 Å². The van der Waals surface area contributed by atoms with Crippen molar-refractivity contribution in [1.82, 2.24) is 15.2 Å². The van der Waals surface area contributed by atoms with E-state index in [0.29, 0.717) is 10.8 Å². The molecule has 0 saturated carbocycles. The van der Waals surface area contributed by atoms with Crippen LogP contribution in [0.2, 0.25) is 0 Å². The van der Waals surface area contributed by atoms with E-state index in [1.54, 1.807) is 24.3 Å². The van der Waals surface area contributed by atoms with Crippen molar-refractivity contribution >= 4 is 33.4 Å². The largest absolute Gasteiger partial charge is 0.481 e. The first-order chi connectivity index (χ1) is 9.94. The summed E-state index contributed by atoms with van der Waals surface area (Å²) < 4.78 is 25.6. The van der Waals surface area contributed by atoms with E-state index in [-0.39, 0.29) is 0 Å². The van der Waals surface area contributed by atoms with Crippen LogP contribution in [-0.2, 0) is 14.8 Å². The maximum Gasteiger partial charge on any atom is 0.304 e. The van der Waals surface area contributed by atoms with Crippen LogP contribution in [0.25, 0.3) is 0 Å². The van der Waals surface area contributed by atoms with Gasteiger partial charge in [0.25, 0.3) is 0 Å². The van der Waals surface area contributed by atoms with Crippen LogP contribution in [-0.4, -0.2) is 40.4 Å². The minimum absolute atomic E-state index is 0.377. The van der Waals surface area contributed by atoms with Gasteiger partial charge in [-0.2, -0.15) is 5.10 Å². The van der Waals surface area contributed by atoms with E-state index in [9.17, 15) is 13.2 Å². The van der Waals surface area contributed by atoms with Gasteiger partial charge in [0, 0.05) is 10.6 Å². The molecule has 0 spiro atoms. The molecule has 2 rings (SSSR count). The molecule has 112 valence electrons. The van der Waals surface area contributed by atoms with Crippen LogP contribution in [0, 0.1) is 0 Å². The number of aliphatic carboxylic acids is 1. The molecule has 0 aliphatic rings. The average molecular weight is 328 g/mol. The molecular formula is C11H12N4O4S2. The minimum Gasteiger partial charge on any atom is -0.481 e. The first kappa shape index (κ1) is 15.3. The Morgan fingerprint density at radius 3 is 2.62 bits per heavy atom. The lowest BCUT2D eigenvalue weighted by atomic mass is 10.3. The van der Waals surface area contributed by atoms with Crippen LogP contribution in [0.3, 0.4) is 0 Å². The van der Waals surface area contributed by atoms with Gasteiger partial charge in [-0.05, 0) is 24.3 Å². The van der Waals surface area contributed by atoms with E-state index in [1.165, 1.54) is 18.1 Å². The predicted molar refractivity (Wildman–Crippen MR) is 76.6 cm³/mol. The number of rotatable bonds is 7. The van der Waals surface area contributed by atoms with Gasteiger partial charge in [0.1, 0.15) is 6.33 Å². The van der Waals surface area contributed by atoms with Gasteiger partial charge in [-0.25, -0.2) is 13.4 Å². The average Bonchev–Trinajstić information content (AvgIpc) is 2.92. The molecule has 8 nitrogen and oxygen atoms in total. The molecule has 1 aromatic carbocycles. The van der Waals surface area contributed by atoms with Crippen LogP contribution < -0.4 is 4.72 Å². The third kappa shape index (κ3) is 5.08. The van der Waals surface area contributed by atoms with Gasteiger partial charge >= 0.3 is 5.97 Å².